The average molecular weight is 283 g/mol. The lowest BCUT2D eigenvalue weighted by Gasteiger charge is -2.19. The smallest absolute Gasteiger partial charge is 0.223 e. The van der Waals surface area contributed by atoms with Crippen LogP contribution in [0, 0.1) is 6.92 Å². The molecule has 1 N–H and O–H groups in total. The highest BCUT2D eigenvalue weighted by Crippen LogP contribution is 2.26. The molecule has 3 nitrogen and oxygen atoms in total. The number of anilines is 1. The third-order valence-corrected chi connectivity index (χ3v) is 3.43. The summed E-state index contributed by atoms with van der Waals surface area (Å²) in [6, 6.07) is 10.7. The maximum absolute atomic E-state index is 4.61. The molecule has 0 atom stereocenters. The molecule has 0 amide bonds. The van der Waals surface area contributed by atoms with Crippen molar-refractivity contribution in [3.05, 3.63) is 41.6 Å². The fourth-order valence-corrected chi connectivity index (χ4v) is 2.17. The van der Waals surface area contributed by atoms with Gasteiger partial charge in [-0.3, -0.25) is 0 Å². The van der Waals surface area contributed by atoms with Crippen molar-refractivity contribution in [2.45, 2.75) is 46.5 Å². The summed E-state index contributed by atoms with van der Waals surface area (Å²) < 4.78 is 0. The number of hydrogen-bond donors (Lipinski definition) is 1. The van der Waals surface area contributed by atoms with Crippen molar-refractivity contribution in [1.82, 2.24) is 9.97 Å². The predicted octanol–water partition coefficient (Wildman–Crippen LogP) is 4.57. The molecule has 1 heterocycles. The number of nitrogens with zero attached hydrogens (tertiary/aromatic N) is 2. The van der Waals surface area contributed by atoms with Crippen molar-refractivity contribution < 1.29 is 0 Å². The molecule has 2 aromatic rings. The van der Waals surface area contributed by atoms with Gasteiger partial charge in [-0.05, 0) is 30.4 Å². The zero-order chi connectivity index (χ0) is 15.5. The van der Waals surface area contributed by atoms with Crippen molar-refractivity contribution in [2.75, 3.05) is 11.9 Å². The highest BCUT2D eigenvalue weighted by atomic mass is 15.1. The van der Waals surface area contributed by atoms with E-state index in [1.165, 1.54) is 5.56 Å². The minimum atomic E-state index is 0.175. The normalized spacial score (nSPS) is 11.5. The van der Waals surface area contributed by atoms with Crippen molar-refractivity contribution in [1.29, 1.82) is 0 Å². The fraction of sp³-hybridized carbons (Fsp3) is 0.444. The molecular formula is C18H25N3. The van der Waals surface area contributed by atoms with Gasteiger partial charge in [0.15, 0.2) is 0 Å². The summed E-state index contributed by atoms with van der Waals surface area (Å²) in [5.41, 5.74) is 4.60. The van der Waals surface area contributed by atoms with E-state index in [2.05, 4.69) is 67.2 Å². The van der Waals surface area contributed by atoms with Gasteiger partial charge in [-0.25, -0.2) is 9.97 Å². The summed E-state index contributed by atoms with van der Waals surface area (Å²) in [4.78, 5) is 9.04. The van der Waals surface area contributed by atoms with Gasteiger partial charge >= 0.3 is 0 Å². The lowest BCUT2D eigenvalue weighted by Crippen LogP contribution is -2.10. The largest absolute Gasteiger partial charge is 0.354 e. The first-order chi connectivity index (χ1) is 9.90. The van der Waals surface area contributed by atoms with Crippen molar-refractivity contribution in [3.63, 3.8) is 0 Å². The monoisotopic (exact) mass is 283 g/mol. The Kier molecular flexibility index (Phi) is 4.61. The first kappa shape index (κ1) is 15.5. The summed E-state index contributed by atoms with van der Waals surface area (Å²) in [6.45, 7) is 11.7. The van der Waals surface area contributed by atoms with Crippen LogP contribution < -0.4 is 5.32 Å². The lowest BCUT2D eigenvalue weighted by molar-refractivity contribution is 0.590. The van der Waals surface area contributed by atoms with E-state index in [-0.39, 0.29) is 5.41 Å². The van der Waals surface area contributed by atoms with Crippen molar-refractivity contribution in [3.8, 4) is 11.3 Å². The van der Waals surface area contributed by atoms with Gasteiger partial charge in [0.2, 0.25) is 5.95 Å². The molecule has 0 aliphatic rings. The van der Waals surface area contributed by atoms with Gasteiger partial charge < -0.3 is 5.32 Å². The SMILES string of the molecule is CCCNc1nc(C)cc(-c2ccc(C(C)(C)C)cc2)n1. The molecule has 1 aromatic carbocycles. The Balaban J connectivity index is 2.31. The predicted molar refractivity (Wildman–Crippen MR) is 89.7 cm³/mol. The first-order valence-electron chi connectivity index (χ1n) is 7.60. The number of hydrogen-bond acceptors (Lipinski definition) is 3. The van der Waals surface area contributed by atoms with E-state index >= 15 is 0 Å². The number of benzene rings is 1. The van der Waals surface area contributed by atoms with Gasteiger partial charge in [-0.1, -0.05) is 52.0 Å². The van der Waals surface area contributed by atoms with Crippen LogP contribution in [0.15, 0.2) is 30.3 Å². The Bertz CT molecular complexity index is 595. The second-order valence-electron chi connectivity index (χ2n) is 6.47. The molecule has 0 bridgehead atoms. The molecule has 0 saturated carbocycles. The highest BCUT2D eigenvalue weighted by Gasteiger charge is 2.13. The lowest BCUT2D eigenvalue weighted by atomic mass is 9.86. The molecular weight excluding hydrogens is 258 g/mol. The van der Waals surface area contributed by atoms with Gasteiger partial charge in [-0.15, -0.1) is 0 Å². The Morgan fingerprint density at radius 3 is 2.29 bits per heavy atom. The number of aromatic nitrogens is 2. The van der Waals surface area contributed by atoms with Crippen LogP contribution in [0.1, 0.15) is 45.4 Å². The topological polar surface area (TPSA) is 37.8 Å². The van der Waals surface area contributed by atoms with Crippen LogP contribution in [0.5, 0.6) is 0 Å². The van der Waals surface area contributed by atoms with Crippen molar-refractivity contribution >= 4 is 5.95 Å². The molecule has 1 aromatic heterocycles. The second kappa shape index (κ2) is 6.25. The van der Waals surface area contributed by atoms with Crippen LogP contribution in [0.25, 0.3) is 11.3 Å². The van der Waals surface area contributed by atoms with E-state index in [4.69, 9.17) is 0 Å². The molecule has 0 saturated heterocycles. The minimum Gasteiger partial charge on any atom is -0.354 e. The summed E-state index contributed by atoms with van der Waals surface area (Å²) in [5, 5.41) is 3.26. The molecule has 3 heteroatoms. The summed E-state index contributed by atoms with van der Waals surface area (Å²) in [5.74, 6) is 0.715. The minimum absolute atomic E-state index is 0.175. The van der Waals surface area contributed by atoms with Gasteiger partial charge in [-0.2, -0.15) is 0 Å². The molecule has 0 unspecified atom stereocenters. The molecule has 112 valence electrons. The van der Waals surface area contributed by atoms with E-state index in [0.29, 0.717) is 5.95 Å². The Labute approximate surface area is 127 Å². The van der Waals surface area contributed by atoms with Crippen LogP contribution in [0.3, 0.4) is 0 Å². The van der Waals surface area contributed by atoms with Gasteiger partial charge in [0.1, 0.15) is 0 Å². The zero-order valence-corrected chi connectivity index (χ0v) is 13.7. The number of nitrogens with one attached hydrogen (secondary N) is 1. The molecule has 0 spiro atoms. The van der Waals surface area contributed by atoms with Crippen LogP contribution in [0.2, 0.25) is 0 Å². The Morgan fingerprint density at radius 2 is 1.71 bits per heavy atom. The molecule has 0 aliphatic heterocycles. The fourth-order valence-electron chi connectivity index (χ4n) is 2.17. The average Bonchev–Trinajstić information content (AvgIpc) is 2.44. The molecule has 2 rings (SSSR count). The third-order valence-electron chi connectivity index (χ3n) is 3.43. The van der Waals surface area contributed by atoms with Crippen LogP contribution in [0.4, 0.5) is 5.95 Å². The zero-order valence-electron chi connectivity index (χ0n) is 13.7. The van der Waals surface area contributed by atoms with E-state index in [1.54, 1.807) is 0 Å². The summed E-state index contributed by atoms with van der Waals surface area (Å²) >= 11 is 0. The number of aryl methyl sites for hydroxylation is 1. The van der Waals surface area contributed by atoms with Gasteiger partial charge in [0.05, 0.1) is 5.69 Å². The molecule has 0 fully saturated rings. The molecule has 21 heavy (non-hydrogen) atoms. The Morgan fingerprint density at radius 1 is 1.05 bits per heavy atom. The highest BCUT2D eigenvalue weighted by molar-refractivity contribution is 5.61. The maximum Gasteiger partial charge on any atom is 0.223 e. The second-order valence-corrected chi connectivity index (χ2v) is 6.47. The molecule has 0 radical (unpaired) electrons. The van der Waals surface area contributed by atoms with Gasteiger partial charge in [0.25, 0.3) is 0 Å². The third kappa shape index (κ3) is 4.03. The van der Waals surface area contributed by atoms with E-state index < -0.39 is 0 Å². The summed E-state index contributed by atoms with van der Waals surface area (Å²) in [7, 11) is 0. The van der Waals surface area contributed by atoms with Gasteiger partial charge in [0, 0.05) is 17.8 Å². The quantitative estimate of drug-likeness (QED) is 0.893. The van der Waals surface area contributed by atoms with Crippen LogP contribution in [-0.2, 0) is 5.41 Å². The standard InChI is InChI=1S/C18H25N3/c1-6-11-19-17-20-13(2)12-16(21-17)14-7-9-15(10-8-14)18(3,4)5/h7-10,12H,6,11H2,1-5H3,(H,19,20,21). The summed E-state index contributed by atoms with van der Waals surface area (Å²) in [6.07, 6.45) is 1.06. The van der Waals surface area contributed by atoms with E-state index in [0.717, 1.165) is 29.9 Å². The molecule has 0 aliphatic carbocycles. The maximum atomic E-state index is 4.61. The van der Waals surface area contributed by atoms with Crippen molar-refractivity contribution in [2.24, 2.45) is 0 Å². The van der Waals surface area contributed by atoms with E-state index in [1.807, 2.05) is 13.0 Å². The van der Waals surface area contributed by atoms with Crippen LogP contribution in [-0.4, -0.2) is 16.5 Å². The first-order valence-corrected chi connectivity index (χ1v) is 7.60. The van der Waals surface area contributed by atoms with E-state index in [9.17, 15) is 0 Å². The Hall–Kier alpha value is -1.90. The van der Waals surface area contributed by atoms with Crippen LogP contribution >= 0.6 is 0 Å². The number of rotatable bonds is 4.